The fraction of sp³-hybridized carbons (Fsp3) is 0.381. The first-order chi connectivity index (χ1) is 12.3. The zero-order valence-electron chi connectivity index (χ0n) is 16.1. The summed E-state index contributed by atoms with van der Waals surface area (Å²) in [6.07, 6.45) is 3.72. The Balaban J connectivity index is 2.12. The predicted octanol–water partition coefficient (Wildman–Crippen LogP) is 4.80. The molecule has 0 saturated carbocycles. The van der Waals surface area contributed by atoms with Crippen molar-refractivity contribution in [2.24, 2.45) is 5.92 Å². The number of hydrogen-bond donors (Lipinski definition) is 1. The molecule has 0 aliphatic rings. The molecular formula is C21H26N4O. The van der Waals surface area contributed by atoms with Crippen molar-refractivity contribution in [1.82, 2.24) is 14.5 Å². The summed E-state index contributed by atoms with van der Waals surface area (Å²) in [5.41, 5.74) is 10.7. The molecular weight excluding hydrogens is 324 g/mol. The van der Waals surface area contributed by atoms with Gasteiger partial charge in [0.2, 0.25) is 0 Å². The second-order valence-corrected chi connectivity index (χ2v) is 7.56. The Hall–Kier alpha value is -2.69. The number of ketones is 1. The van der Waals surface area contributed by atoms with E-state index in [0.717, 1.165) is 22.2 Å². The number of Topliss-reactive ketones (excluding diaryl/α,β-unsaturated/α-hetero) is 1. The van der Waals surface area contributed by atoms with Gasteiger partial charge in [0.05, 0.1) is 16.8 Å². The van der Waals surface area contributed by atoms with Crippen LogP contribution in [0.1, 0.15) is 56.1 Å². The molecule has 0 amide bonds. The maximum absolute atomic E-state index is 12.2. The Labute approximate surface area is 154 Å². The molecule has 2 aromatic heterocycles. The highest BCUT2D eigenvalue weighted by Gasteiger charge is 2.21. The number of aryl methyl sites for hydroxylation is 1. The van der Waals surface area contributed by atoms with Gasteiger partial charge in [-0.25, -0.2) is 9.97 Å². The van der Waals surface area contributed by atoms with Crippen molar-refractivity contribution in [2.45, 2.75) is 47.1 Å². The first-order valence-corrected chi connectivity index (χ1v) is 9.05. The second-order valence-electron chi connectivity index (χ2n) is 7.56. The zero-order chi connectivity index (χ0) is 19.0. The Kier molecular flexibility index (Phi) is 4.81. The average Bonchev–Trinajstić information content (AvgIpc) is 2.87. The van der Waals surface area contributed by atoms with Crippen LogP contribution in [0.3, 0.4) is 0 Å². The van der Waals surface area contributed by atoms with Crippen molar-refractivity contribution in [3.8, 4) is 11.5 Å². The van der Waals surface area contributed by atoms with Crippen LogP contribution in [0, 0.1) is 12.8 Å². The summed E-state index contributed by atoms with van der Waals surface area (Å²) in [7, 11) is 0. The molecule has 2 N–H and O–H groups in total. The summed E-state index contributed by atoms with van der Waals surface area (Å²) in [4.78, 5) is 21.1. The molecule has 5 nitrogen and oxygen atoms in total. The number of rotatable bonds is 5. The van der Waals surface area contributed by atoms with Gasteiger partial charge in [0.25, 0.3) is 0 Å². The van der Waals surface area contributed by atoms with Crippen LogP contribution in [0.4, 0.5) is 5.69 Å². The van der Waals surface area contributed by atoms with Gasteiger partial charge in [-0.05, 0) is 38.8 Å². The summed E-state index contributed by atoms with van der Waals surface area (Å²) < 4.78 is 2.16. The standard InChI is InChI=1S/C21H26N4O/c1-12(2)8-18(26)15-10-23-21(24-11-15)20-19(22)16-9-14(5)6-7-17(16)25(20)13(3)4/h6-7,9-13H,8,22H2,1-5H3. The third-order valence-electron chi connectivity index (χ3n) is 4.49. The van der Waals surface area contributed by atoms with Crippen LogP contribution in [0.2, 0.25) is 0 Å². The molecule has 0 spiro atoms. The van der Waals surface area contributed by atoms with Crippen molar-refractivity contribution >= 4 is 22.4 Å². The second kappa shape index (κ2) is 6.90. The van der Waals surface area contributed by atoms with Gasteiger partial charge in [-0.2, -0.15) is 0 Å². The van der Waals surface area contributed by atoms with Crippen LogP contribution < -0.4 is 5.73 Å². The number of benzene rings is 1. The minimum Gasteiger partial charge on any atom is -0.396 e. The SMILES string of the molecule is Cc1ccc2c(c1)c(N)c(-c1ncc(C(=O)CC(C)C)cn1)n2C(C)C. The summed E-state index contributed by atoms with van der Waals surface area (Å²) in [6, 6.07) is 6.47. The third kappa shape index (κ3) is 3.21. The average molecular weight is 350 g/mol. The van der Waals surface area contributed by atoms with Crippen molar-refractivity contribution in [2.75, 3.05) is 5.73 Å². The summed E-state index contributed by atoms with van der Waals surface area (Å²) in [6.45, 7) is 10.3. The Morgan fingerprint density at radius 2 is 1.81 bits per heavy atom. The highest BCUT2D eigenvalue weighted by atomic mass is 16.1. The Bertz CT molecular complexity index is 952. The molecule has 26 heavy (non-hydrogen) atoms. The van der Waals surface area contributed by atoms with Gasteiger partial charge in [-0.3, -0.25) is 4.79 Å². The number of fused-ring (bicyclic) bond motifs is 1. The first kappa shape index (κ1) is 18.1. The summed E-state index contributed by atoms with van der Waals surface area (Å²) >= 11 is 0. The van der Waals surface area contributed by atoms with Crippen LogP contribution in [0.5, 0.6) is 0 Å². The molecule has 0 aliphatic heterocycles. The molecule has 0 fully saturated rings. The number of anilines is 1. The number of nitrogen functional groups attached to an aromatic ring is 1. The summed E-state index contributed by atoms with van der Waals surface area (Å²) in [5.74, 6) is 0.926. The number of hydrogen-bond acceptors (Lipinski definition) is 4. The molecule has 0 bridgehead atoms. The lowest BCUT2D eigenvalue weighted by Gasteiger charge is -2.14. The maximum Gasteiger partial charge on any atom is 0.178 e. The van der Waals surface area contributed by atoms with E-state index in [4.69, 9.17) is 5.73 Å². The van der Waals surface area contributed by atoms with Gasteiger partial charge >= 0.3 is 0 Å². The molecule has 3 aromatic rings. The van der Waals surface area contributed by atoms with E-state index in [0.29, 0.717) is 29.4 Å². The fourth-order valence-corrected chi connectivity index (χ4v) is 3.30. The lowest BCUT2D eigenvalue weighted by Crippen LogP contribution is -2.08. The van der Waals surface area contributed by atoms with Crippen molar-refractivity contribution in [3.63, 3.8) is 0 Å². The van der Waals surface area contributed by atoms with E-state index in [-0.39, 0.29) is 11.8 Å². The smallest absolute Gasteiger partial charge is 0.178 e. The molecule has 0 atom stereocenters. The Morgan fingerprint density at radius 1 is 1.15 bits per heavy atom. The van der Waals surface area contributed by atoms with E-state index < -0.39 is 0 Å². The van der Waals surface area contributed by atoms with Gasteiger partial charge in [-0.1, -0.05) is 25.5 Å². The largest absolute Gasteiger partial charge is 0.396 e. The van der Waals surface area contributed by atoms with E-state index in [9.17, 15) is 4.79 Å². The van der Waals surface area contributed by atoms with Gasteiger partial charge in [-0.15, -0.1) is 0 Å². The van der Waals surface area contributed by atoms with Crippen LogP contribution >= 0.6 is 0 Å². The van der Waals surface area contributed by atoms with Crippen LogP contribution in [-0.2, 0) is 0 Å². The first-order valence-electron chi connectivity index (χ1n) is 9.05. The van der Waals surface area contributed by atoms with Crippen LogP contribution in [0.15, 0.2) is 30.6 Å². The van der Waals surface area contributed by atoms with E-state index in [2.05, 4.69) is 53.5 Å². The summed E-state index contributed by atoms with van der Waals surface area (Å²) in [5, 5.41) is 1.01. The van der Waals surface area contributed by atoms with Gasteiger partial charge in [0.1, 0.15) is 5.69 Å². The topological polar surface area (TPSA) is 73.8 Å². The van der Waals surface area contributed by atoms with Gasteiger partial charge < -0.3 is 10.3 Å². The number of nitrogens with two attached hydrogens (primary N) is 1. The molecule has 5 heteroatoms. The molecule has 0 saturated heterocycles. The van der Waals surface area contributed by atoms with Crippen molar-refractivity contribution in [3.05, 3.63) is 41.7 Å². The van der Waals surface area contributed by atoms with Gasteiger partial charge in [0.15, 0.2) is 11.6 Å². The Morgan fingerprint density at radius 3 is 2.38 bits per heavy atom. The quantitative estimate of drug-likeness (QED) is 0.671. The molecule has 0 unspecified atom stereocenters. The molecule has 1 aromatic carbocycles. The monoisotopic (exact) mass is 350 g/mol. The van der Waals surface area contributed by atoms with Crippen molar-refractivity contribution < 1.29 is 4.79 Å². The van der Waals surface area contributed by atoms with E-state index in [1.807, 2.05) is 13.8 Å². The third-order valence-corrected chi connectivity index (χ3v) is 4.49. The molecule has 136 valence electrons. The van der Waals surface area contributed by atoms with Crippen molar-refractivity contribution in [1.29, 1.82) is 0 Å². The fourth-order valence-electron chi connectivity index (χ4n) is 3.30. The minimum atomic E-state index is 0.0690. The normalized spacial score (nSPS) is 11.7. The number of aromatic nitrogens is 3. The van der Waals surface area contributed by atoms with Crippen LogP contribution in [0.25, 0.3) is 22.4 Å². The number of carbonyl (C=O) groups excluding carboxylic acids is 1. The minimum absolute atomic E-state index is 0.0690. The number of nitrogens with zero attached hydrogens (tertiary/aromatic N) is 3. The van der Waals surface area contributed by atoms with Gasteiger partial charge in [0, 0.05) is 30.2 Å². The highest BCUT2D eigenvalue weighted by molar-refractivity contribution is 6.00. The zero-order valence-corrected chi connectivity index (χ0v) is 16.1. The van der Waals surface area contributed by atoms with E-state index >= 15 is 0 Å². The lowest BCUT2D eigenvalue weighted by atomic mass is 10.0. The molecule has 0 radical (unpaired) electrons. The lowest BCUT2D eigenvalue weighted by molar-refractivity contribution is 0.0967. The molecule has 3 rings (SSSR count). The highest BCUT2D eigenvalue weighted by Crippen LogP contribution is 2.37. The molecule has 2 heterocycles. The predicted molar refractivity (Wildman–Crippen MR) is 106 cm³/mol. The van der Waals surface area contributed by atoms with E-state index in [1.54, 1.807) is 12.4 Å². The van der Waals surface area contributed by atoms with Crippen LogP contribution in [-0.4, -0.2) is 20.3 Å². The maximum atomic E-state index is 12.2. The number of carbonyl (C=O) groups is 1. The van der Waals surface area contributed by atoms with E-state index in [1.165, 1.54) is 0 Å². The molecule has 0 aliphatic carbocycles.